The Morgan fingerprint density at radius 2 is 2.25 bits per heavy atom. The van der Waals surface area contributed by atoms with Crippen LogP contribution < -0.4 is 5.73 Å². The molecule has 20 heavy (non-hydrogen) atoms. The molecule has 6 nitrogen and oxygen atoms in total. The first-order chi connectivity index (χ1) is 9.72. The van der Waals surface area contributed by atoms with E-state index >= 15 is 0 Å². The SMILES string of the molecule is COC1CCCC1n1nnnc1-c1cccc(Cl)c1N. The van der Waals surface area contributed by atoms with Gasteiger partial charge in [-0.1, -0.05) is 17.7 Å². The first-order valence-corrected chi connectivity index (χ1v) is 6.95. The van der Waals surface area contributed by atoms with E-state index in [1.54, 1.807) is 13.2 Å². The zero-order valence-electron chi connectivity index (χ0n) is 11.2. The molecule has 1 aliphatic carbocycles. The predicted octanol–water partition coefficient (Wildman–Crippen LogP) is 2.32. The second-order valence-electron chi connectivity index (χ2n) is 4.92. The van der Waals surface area contributed by atoms with Gasteiger partial charge in [0.25, 0.3) is 0 Å². The van der Waals surface area contributed by atoms with E-state index in [1.165, 1.54) is 0 Å². The molecule has 2 unspecified atom stereocenters. The average Bonchev–Trinajstić information content (AvgIpc) is 3.09. The highest BCUT2D eigenvalue weighted by molar-refractivity contribution is 6.33. The summed E-state index contributed by atoms with van der Waals surface area (Å²) in [7, 11) is 1.72. The van der Waals surface area contributed by atoms with Gasteiger partial charge in [0.1, 0.15) is 0 Å². The summed E-state index contributed by atoms with van der Waals surface area (Å²) in [5, 5.41) is 12.5. The van der Waals surface area contributed by atoms with E-state index in [0.29, 0.717) is 16.5 Å². The summed E-state index contributed by atoms with van der Waals surface area (Å²) >= 11 is 6.07. The number of halogens is 1. The van der Waals surface area contributed by atoms with Crippen molar-refractivity contribution in [2.24, 2.45) is 0 Å². The fraction of sp³-hybridized carbons (Fsp3) is 0.462. The van der Waals surface area contributed by atoms with Crippen LogP contribution in [-0.4, -0.2) is 33.4 Å². The van der Waals surface area contributed by atoms with E-state index in [2.05, 4.69) is 15.5 Å². The molecule has 7 heteroatoms. The molecule has 3 rings (SSSR count). The highest BCUT2D eigenvalue weighted by Gasteiger charge is 2.32. The van der Waals surface area contributed by atoms with Gasteiger partial charge < -0.3 is 10.5 Å². The van der Waals surface area contributed by atoms with Crippen LogP contribution in [0.1, 0.15) is 25.3 Å². The van der Waals surface area contributed by atoms with Gasteiger partial charge in [-0.15, -0.1) is 5.10 Å². The number of nitrogen functional groups attached to an aromatic ring is 1. The third kappa shape index (κ3) is 2.14. The van der Waals surface area contributed by atoms with Crippen LogP contribution in [0, 0.1) is 0 Å². The minimum absolute atomic E-state index is 0.137. The normalized spacial score (nSPS) is 22.3. The van der Waals surface area contributed by atoms with Crippen molar-refractivity contribution in [1.29, 1.82) is 0 Å². The topological polar surface area (TPSA) is 78.8 Å². The fourth-order valence-corrected chi connectivity index (χ4v) is 2.96. The van der Waals surface area contributed by atoms with Crippen molar-refractivity contribution in [1.82, 2.24) is 20.2 Å². The van der Waals surface area contributed by atoms with Crippen molar-refractivity contribution in [2.75, 3.05) is 12.8 Å². The van der Waals surface area contributed by atoms with Crippen LogP contribution in [-0.2, 0) is 4.74 Å². The van der Waals surface area contributed by atoms with E-state index in [1.807, 2.05) is 16.8 Å². The Morgan fingerprint density at radius 3 is 3.05 bits per heavy atom. The summed E-state index contributed by atoms with van der Waals surface area (Å²) in [5.41, 5.74) is 7.29. The molecule has 0 saturated heterocycles. The molecule has 2 atom stereocenters. The van der Waals surface area contributed by atoms with Gasteiger partial charge in [0.05, 0.1) is 22.9 Å². The summed E-state index contributed by atoms with van der Waals surface area (Å²) < 4.78 is 7.33. The Labute approximate surface area is 121 Å². The number of methoxy groups -OCH3 is 1. The number of aromatic nitrogens is 4. The number of hydrogen-bond acceptors (Lipinski definition) is 5. The van der Waals surface area contributed by atoms with Crippen LogP contribution in [0.25, 0.3) is 11.4 Å². The van der Waals surface area contributed by atoms with Crippen LogP contribution in [0.5, 0.6) is 0 Å². The summed E-state index contributed by atoms with van der Waals surface area (Å²) in [6.45, 7) is 0. The van der Waals surface area contributed by atoms with Gasteiger partial charge in [-0.3, -0.25) is 0 Å². The Hall–Kier alpha value is -1.66. The molecule has 0 amide bonds. The molecule has 2 aromatic rings. The lowest BCUT2D eigenvalue weighted by Crippen LogP contribution is -2.22. The van der Waals surface area contributed by atoms with Crippen molar-refractivity contribution >= 4 is 17.3 Å². The maximum absolute atomic E-state index is 6.07. The Morgan fingerprint density at radius 1 is 1.40 bits per heavy atom. The third-order valence-corrected chi connectivity index (χ3v) is 4.15. The van der Waals surface area contributed by atoms with E-state index in [0.717, 1.165) is 24.8 Å². The summed E-state index contributed by atoms with van der Waals surface area (Å²) in [5.74, 6) is 0.638. The molecule has 1 aromatic carbocycles. The highest BCUT2D eigenvalue weighted by Crippen LogP contribution is 2.36. The monoisotopic (exact) mass is 293 g/mol. The number of tetrazole rings is 1. The summed E-state index contributed by atoms with van der Waals surface area (Å²) in [6.07, 6.45) is 3.26. The molecule has 1 heterocycles. The van der Waals surface area contributed by atoms with E-state index in [9.17, 15) is 0 Å². The van der Waals surface area contributed by atoms with Gasteiger partial charge >= 0.3 is 0 Å². The van der Waals surface area contributed by atoms with Crippen LogP contribution in [0.3, 0.4) is 0 Å². The zero-order chi connectivity index (χ0) is 14.1. The quantitative estimate of drug-likeness (QED) is 0.879. The maximum Gasteiger partial charge on any atom is 0.184 e. The summed E-state index contributed by atoms with van der Waals surface area (Å²) in [6, 6.07) is 5.61. The van der Waals surface area contributed by atoms with Crippen LogP contribution in [0.2, 0.25) is 5.02 Å². The van der Waals surface area contributed by atoms with Gasteiger partial charge in [0, 0.05) is 12.7 Å². The molecule has 1 saturated carbocycles. The van der Waals surface area contributed by atoms with Gasteiger partial charge in [-0.2, -0.15) is 0 Å². The average molecular weight is 294 g/mol. The van der Waals surface area contributed by atoms with Crippen molar-refractivity contribution in [3.05, 3.63) is 23.2 Å². The maximum atomic E-state index is 6.07. The smallest absolute Gasteiger partial charge is 0.184 e. The molecular formula is C13H16ClN5O. The lowest BCUT2D eigenvalue weighted by atomic mass is 10.1. The molecule has 106 valence electrons. The Balaban J connectivity index is 2.04. The second kappa shape index (κ2) is 5.38. The van der Waals surface area contributed by atoms with Crippen molar-refractivity contribution in [3.8, 4) is 11.4 Å². The molecule has 0 radical (unpaired) electrons. The number of nitrogens with zero attached hydrogens (tertiary/aromatic N) is 4. The number of rotatable bonds is 3. The van der Waals surface area contributed by atoms with Gasteiger partial charge in [-0.05, 0) is 41.8 Å². The molecule has 0 bridgehead atoms. The van der Waals surface area contributed by atoms with Crippen LogP contribution >= 0.6 is 11.6 Å². The second-order valence-corrected chi connectivity index (χ2v) is 5.33. The number of para-hydroxylation sites is 1. The fourth-order valence-electron chi connectivity index (χ4n) is 2.79. The first-order valence-electron chi connectivity index (χ1n) is 6.57. The largest absolute Gasteiger partial charge is 0.397 e. The number of benzene rings is 1. The van der Waals surface area contributed by atoms with E-state index in [4.69, 9.17) is 22.1 Å². The lowest BCUT2D eigenvalue weighted by Gasteiger charge is -2.19. The Bertz CT molecular complexity index is 615. The zero-order valence-corrected chi connectivity index (χ0v) is 11.9. The Kier molecular flexibility index (Phi) is 3.58. The minimum atomic E-state index is 0.137. The standard InChI is InChI=1S/C13H16ClN5O/c1-20-11-7-3-6-10(11)19-13(16-17-18-19)8-4-2-5-9(14)12(8)15/h2,4-5,10-11H,3,6-7,15H2,1H3. The van der Waals surface area contributed by atoms with Gasteiger partial charge in [0.15, 0.2) is 5.82 Å². The first kappa shape index (κ1) is 13.3. The summed E-state index contributed by atoms with van der Waals surface area (Å²) in [4.78, 5) is 0. The molecule has 1 fully saturated rings. The van der Waals surface area contributed by atoms with Crippen molar-refractivity contribution in [3.63, 3.8) is 0 Å². The van der Waals surface area contributed by atoms with Crippen molar-refractivity contribution in [2.45, 2.75) is 31.4 Å². The number of ether oxygens (including phenoxy) is 1. The van der Waals surface area contributed by atoms with Gasteiger partial charge in [-0.25, -0.2) is 4.68 Å². The lowest BCUT2D eigenvalue weighted by molar-refractivity contribution is 0.0708. The molecular weight excluding hydrogens is 278 g/mol. The number of nitrogens with two attached hydrogens (primary N) is 1. The number of hydrogen-bond donors (Lipinski definition) is 1. The van der Waals surface area contributed by atoms with Crippen molar-refractivity contribution < 1.29 is 4.74 Å². The van der Waals surface area contributed by atoms with Gasteiger partial charge in [0.2, 0.25) is 0 Å². The molecule has 1 aromatic heterocycles. The van der Waals surface area contributed by atoms with E-state index < -0.39 is 0 Å². The molecule has 0 spiro atoms. The molecule has 0 aliphatic heterocycles. The molecule has 1 aliphatic rings. The number of anilines is 1. The third-order valence-electron chi connectivity index (χ3n) is 3.82. The van der Waals surface area contributed by atoms with E-state index in [-0.39, 0.29) is 12.1 Å². The highest BCUT2D eigenvalue weighted by atomic mass is 35.5. The molecule has 2 N–H and O–H groups in total. The van der Waals surface area contributed by atoms with Crippen LogP contribution in [0.4, 0.5) is 5.69 Å². The predicted molar refractivity (Wildman–Crippen MR) is 76.4 cm³/mol. The minimum Gasteiger partial charge on any atom is -0.397 e. The van der Waals surface area contributed by atoms with Crippen LogP contribution in [0.15, 0.2) is 18.2 Å².